The smallest absolute Gasteiger partial charge is 0.180 e. The highest BCUT2D eigenvalue weighted by Gasteiger charge is 2.10. The van der Waals surface area contributed by atoms with Crippen LogP contribution < -0.4 is 10.5 Å². The minimum absolute atomic E-state index is 0.0974. The lowest BCUT2D eigenvalue weighted by atomic mass is 10.2. The number of benzene rings is 1. The molecule has 0 atom stereocenters. The molecule has 0 saturated carbocycles. The molecule has 0 unspecified atom stereocenters. The minimum atomic E-state index is -0.450. The summed E-state index contributed by atoms with van der Waals surface area (Å²) >= 11 is 5.53. The Kier molecular flexibility index (Phi) is 5.22. The lowest BCUT2D eigenvalue weighted by Gasteiger charge is -2.11. The second-order valence-electron chi connectivity index (χ2n) is 4.03. The van der Waals surface area contributed by atoms with Crippen LogP contribution in [0.4, 0.5) is 10.1 Å². The first-order valence-corrected chi connectivity index (χ1v) is 5.88. The molecule has 1 rings (SSSR count). The van der Waals surface area contributed by atoms with Crippen molar-refractivity contribution in [3.8, 4) is 5.75 Å². The number of rotatable bonds is 5. The first kappa shape index (κ1) is 13.8. The number of para-hydroxylation sites is 1. The van der Waals surface area contributed by atoms with Crippen molar-refractivity contribution in [1.29, 1.82) is 0 Å². The van der Waals surface area contributed by atoms with E-state index in [4.69, 9.17) is 22.1 Å². The number of halogens is 2. The third kappa shape index (κ3) is 4.23. The molecule has 94 valence electrons. The SMILES string of the molecule is CC(C)COc1c(F)cccc1N=C(N)CCl. The van der Waals surface area contributed by atoms with Crippen molar-refractivity contribution in [2.75, 3.05) is 12.5 Å². The summed E-state index contributed by atoms with van der Waals surface area (Å²) in [5.41, 5.74) is 5.88. The summed E-state index contributed by atoms with van der Waals surface area (Å²) < 4.78 is 19.0. The molecule has 2 N–H and O–H groups in total. The first-order valence-electron chi connectivity index (χ1n) is 5.35. The highest BCUT2D eigenvalue weighted by atomic mass is 35.5. The number of nitrogens with two attached hydrogens (primary N) is 1. The van der Waals surface area contributed by atoms with E-state index in [9.17, 15) is 4.39 Å². The Hall–Kier alpha value is -1.29. The van der Waals surface area contributed by atoms with Crippen molar-refractivity contribution in [1.82, 2.24) is 0 Å². The summed E-state index contributed by atoms with van der Waals surface area (Å²) in [5.74, 6) is 0.298. The molecular weight excluding hydrogens is 243 g/mol. The topological polar surface area (TPSA) is 47.6 Å². The van der Waals surface area contributed by atoms with Gasteiger partial charge in [-0.15, -0.1) is 11.6 Å². The summed E-state index contributed by atoms with van der Waals surface area (Å²) in [7, 11) is 0. The molecular formula is C12H16ClFN2O. The van der Waals surface area contributed by atoms with Crippen molar-refractivity contribution in [2.45, 2.75) is 13.8 Å². The highest BCUT2D eigenvalue weighted by Crippen LogP contribution is 2.30. The maximum atomic E-state index is 13.6. The van der Waals surface area contributed by atoms with Gasteiger partial charge in [0.2, 0.25) is 0 Å². The van der Waals surface area contributed by atoms with Gasteiger partial charge in [0, 0.05) is 0 Å². The van der Waals surface area contributed by atoms with Gasteiger partial charge in [0.15, 0.2) is 11.6 Å². The van der Waals surface area contributed by atoms with E-state index in [1.807, 2.05) is 13.8 Å². The highest BCUT2D eigenvalue weighted by molar-refractivity contribution is 6.28. The van der Waals surface area contributed by atoms with Crippen molar-refractivity contribution >= 4 is 23.1 Å². The number of alkyl halides is 1. The second-order valence-corrected chi connectivity index (χ2v) is 4.30. The third-order valence-electron chi connectivity index (χ3n) is 1.91. The van der Waals surface area contributed by atoms with Crippen LogP contribution in [0.2, 0.25) is 0 Å². The Balaban J connectivity index is 3.00. The summed E-state index contributed by atoms with van der Waals surface area (Å²) in [4.78, 5) is 4.01. The van der Waals surface area contributed by atoms with Crippen LogP contribution in [0.3, 0.4) is 0 Å². The Morgan fingerprint density at radius 3 is 2.82 bits per heavy atom. The number of ether oxygens (including phenoxy) is 1. The fourth-order valence-electron chi connectivity index (χ4n) is 1.16. The molecule has 5 heteroatoms. The third-order valence-corrected chi connectivity index (χ3v) is 2.18. The van der Waals surface area contributed by atoms with Gasteiger partial charge in [-0.2, -0.15) is 0 Å². The number of hydrogen-bond acceptors (Lipinski definition) is 2. The fourth-order valence-corrected chi connectivity index (χ4v) is 1.22. The van der Waals surface area contributed by atoms with Gasteiger partial charge in [-0.05, 0) is 18.1 Å². The van der Waals surface area contributed by atoms with Crippen LogP contribution in [0, 0.1) is 11.7 Å². The van der Waals surface area contributed by atoms with Crippen LogP contribution in [-0.2, 0) is 0 Å². The normalized spacial score (nSPS) is 11.9. The maximum absolute atomic E-state index is 13.6. The number of aliphatic imine (C=N–C) groups is 1. The average molecular weight is 259 g/mol. The molecule has 0 aliphatic carbocycles. The summed E-state index contributed by atoms with van der Waals surface area (Å²) in [6, 6.07) is 4.52. The minimum Gasteiger partial charge on any atom is -0.488 e. The fraction of sp³-hybridized carbons (Fsp3) is 0.417. The molecule has 1 aromatic rings. The predicted octanol–water partition coefficient (Wildman–Crippen LogP) is 3.09. The van der Waals surface area contributed by atoms with E-state index in [-0.39, 0.29) is 17.5 Å². The van der Waals surface area contributed by atoms with E-state index in [1.165, 1.54) is 6.07 Å². The van der Waals surface area contributed by atoms with Crippen LogP contribution in [0.25, 0.3) is 0 Å². The quantitative estimate of drug-likeness (QED) is 0.501. The first-order chi connectivity index (χ1) is 8.04. The van der Waals surface area contributed by atoms with Crippen LogP contribution >= 0.6 is 11.6 Å². The zero-order valence-electron chi connectivity index (χ0n) is 9.91. The Morgan fingerprint density at radius 2 is 2.24 bits per heavy atom. The molecule has 17 heavy (non-hydrogen) atoms. The Morgan fingerprint density at radius 1 is 1.53 bits per heavy atom. The standard InChI is InChI=1S/C12H16ClFN2O/c1-8(2)7-17-12-9(14)4-3-5-10(12)16-11(15)6-13/h3-5,8H,6-7H2,1-2H3,(H2,15,16). The van der Waals surface area contributed by atoms with Gasteiger partial charge >= 0.3 is 0 Å². The molecule has 0 fully saturated rings. The molecule has 0 bridgehead atoms. The molecule has 0 radical (unpaired) electrons. The molecule has 0 spiro atoms. The zero-order chi connectivity index (χ0) is 12.8. The molecule has 0 aliphatic rings. The lowest BCUT2D eigenvalue weighted by Crippen LogP contribution is -2.12. The van der Waals surface area contributed by atoms with Crippen molar-refractivity contribution in [2.24, 2.45) is 16.6 Å². The van der Waals surface area contributed by atoms with Gasteiger partial charge in [0.1, 0.15) is 11.5 Å². The summed E-state index contributed by atoms with van der Waals surface area (Å²) in [6.45, 7) is 4.39. The average Bonchev–Trinajstić information content (AvgIpc) is 2.27. The van der Waals surface area contributed by atoms with E-state index >= 15 is 0 Å². The largest absolute Gasteiger partial charge is 0.488 e. The van der Waals surface area contributed by atoms with Gasteiger partial charge in [-0.3, -0.25) is 0 Å². The molecule has 0 saturated heterocycles. The summed E-state index contributed by atoms with van der Waals surface area (Å²) in [6.07, 6.45) is 0. The number of hydrogen-bond donors (Lipinski definition) is 1. The van der Waals surface area contributed by atoms with Crippen molar-refractivity contribution in [3.05, 3.63) is 24.0 Å². The number of amidine groups is 1. The Bertz CT molecular complexity index is 407. The second kappa shape index (κ2) is 6.45. The predicted molar refractivity (Wildman–Crippen MR) is 68.7 cm³/mol. The van der Waals surface area contributed by atoms with Crippen molar-refractivity contribution < 1.29 is 9.13 Å². The zero-order valence-corrected chi connectivity index (χ0v) is 10.7. The number of nitrogens with zero attached hydrogens (tertiary/aromatic N) is 1. The van der Waals surface area contributed by atoms with Crippen LogP contribution in [0.1, 0.15) is 13.8 Å². The molecule has 0 amide bonds. The van der Waals surface area contributed by atoms with Gasteiger partial charge in [0.05, 0.1) is 12.5 Å². The maximum Gasteiger partial charge on any atom is 0.180 e. The lowest BCUT2D eigenvalue weighted by molar-refractivity contribution is 0.260. The molecule has 0 aliphatic heterocycles. The van der Waals surface area contributed by atoms with Crippen LogP contribution in [0.5, 0.6) is 5.75 Å². The van der Waals surface area contributed by atoms with E-state index in [0.29, 0.717) is 18.2 Å². The Labute approximate surface area is 105 Å². The van der Waals surface area contributed by atoms with E-state index in [2.05, 4.69) is 4.99 Å². The van der Waals surface area contributed by atoms with Crippen molar-refractivity contribution in [3.63, 3.8) is 0 Å². The van der Waals surface area contributed by atoms with Crippen LogP contribution in [-0.4, -0.2) is 18.3 Å². The van der Waals surface area contributed by atoms with Gasteiger partial charge in [0.25, 0.3) is 0 Å². The molecule has 1 aromatic carbocycles. The summed E-state index contributed by atoms with van der Waals surface area (Å²) in [5, 5.41) is 0. The van der Waals surface area contributed by atoms with Gasteiger partial charge < -0.3 is 10.5 Å². The van der Waals surface area contributed by atoms with E-state index < -0.39 is 5.82 Å². The molecule has 3 nitrogen and oxygen atoms in total. The monoisotopic (exact) mass is 258 g/mol. The van der Waals surface area contributed by atoms with E-state index in [1.54, 1.807) is 12.1 Å². The van der Waals surface area contributed by atoms with Gasteiger partial charge in [-0.1, -0.05) is 19.9 Å². The van der Waals surface area contributed by atoms with Gasteiger partial charge in [-0.25, -0.2) is 9.38 Å². The van der Waals surface area contributed by atoms with E-state index in [0.717, 1.165) is 0 Å². The molecule has 0 heterocycles. The van der Waals surface area contributed by atoms with Crippen LogP contribution in [0.15, 0.2) is 23.2 Å². The molecule has 0 aromatic heterocycles.